The van der Waals surface area contributed by atoms with Crippen LogP contribution in [0, 0.1) is 6.92 Å². The Kier molecular flexibility index (Phi) is 6.49. The molecule has 2 heterocycles. The smallest absolute Gasteiger partial charge is 0.427 e. The molecule has 10 nitrogen and oxygen atoms in total. The Balaban J connectivity index is 2.29. The van der Waals surface area contributed by atoms with Crippen molar-refractivity contribution in [1.82, 2.24) is 15.0 Å². The van der Waals surface area contributed by atoms with Gasteiger partial charge in [-0.3, -0.25) is 0 Å². The number of nitrogens with zero attached hydrogens (tertiary/aromatic N) is 4. The van der Waals surface area contributed by atoms with Crippen LogP contribution in [0.3, 0.4) is 0 Å². The second-order valence-electron chi connectivity index (χ2n) is 8.52. The quantitative estimate of drug-likeness (QED) is 0.779. The predicted molar refractivity (Wildman–Crippen MR) is 110 cm³/mol. The number of anilines is 2. The second-order valence-corrected chi connectivity index (χ2v) is 8.52. The van der Waals surface area contributed by atoms with Crippen LogP contribution < -0.4 is 15.4 Å². The molecule has 30 heavy (non-hydrogen) atoms. The molecule has 2 aromatic rings. The van der Waals surface area contributed by atoms with E-state index in [1.807, 2.05) is 6.92 Å². The van der Waals surface area contributed by atoms with E-state index in [0.717, 1.165) is 5.56 Å². The SMILES string of the molecule is Cc1cnc(Oc2cnc(N(C(=O)OC(C)(C)C)C(=O)OC(C)(C)C)nc2)c(N)c1. The van der Waals surface area contributed by atoms with Crippen molar-refractivity contribution in [2.45, 2.75) is 59.7 Å². The van der Waals surface area contributed by atoms with Gasteiger partial charge in [-0.05, 0) is 60.1 Å². The predicted octanol–water partition coefficient (Wildman–Crippen LogP) is 4.23. The number of nitrogen functional groups attached to an aromatic ring is 1. The summed E-state index contributed by atoms with van der Waals surface area (Å²) in [6.45, 7) is 11.9. The number of hydrogen-bond donors (Lipinski definition) is 1. The number of amides is 2. The van der Waals surface area contributed by atoms with Crippen LogP contribution in [0.25, 0.3) is 0 Å². The Labute approximate surface area is 175 Å². The highest BCUT2D eigenvalue weighted by Gasteiger charge is 2.34. The zero-order chi connectivity index (χ0) is 22.7. The Hall–Kier alpha value is -3.43. The third-order valence-electron chi connectivity index (χ3n) is 3.20. The summed E-state index contributed by atoms with van der Waals surface area (Å²) in [5.74, 6) is 0.180. The fraction of sp³-hybridized carbons (Fsp3) is 0.450. The number of aryl methyl sites for hydroxylation is 1. The number of carbonyl (C=O) groups is 2. The average molecular weight is 417 g/mol. The maximum absolute atomic E-state index is 12.6. The third-order valence-corrected chi connectivity index (χ3v) is 3.20. The van der Waals surface area contributed by atoms with Crippen molar-refractivity contribution in [2.24, 2.45) is 0 Å². The standard InChI is InChI=1S/C20H27N5O5/c1-12-8-14(21)15(22-9-12)28-13-10-23-16(24-11-13)25(17(26)29-19(2,3)4)18(27)30-20(5,6)7/h8-11H,21H2,1-7H3. The van der Waals surface area contributed by atoms with E-state index in [2.05, 4.69) is 15.0 Å². The molecule has 0 aromatic carbocycles. The van der Waals surface area contributed by atoms with E-state index < -0.39 is 23.4 Å². The van der Waals surface area contributed by atoms with Gasteiger partial charge >= 0.3 is 12.2 Å². The lowest BCUT2D eigenvalue weighted by Gasteiger charge is -2.27. The maximum Gasteiger partial charge on any atom is 0.427 e. The molecule has 10 heteroatoms. The normalized spacial score (nSPS) is 11.6. The minimum atomic E-state index is -0.963. The van der Waals surface area contributed by atoms with Gasteiger partial charge < -0.3 is 19.9 Å². The number of rotatable bonds is 3. The molecule has 0 aliphatic rings. The summed E-state index contributed by atoms with van der Waals surface area (Å²) in [5, 5.41) is 0. The Bertz CT molecular complexity index is 889. The summed E-state index contributed by atoms with van der Waals surface area (Å²) in [4.78, 5) is 38.0. The number of pyridine rings is 1. The van der Waals surface area contributed by atoms with Gasteiger partial charge in [0.25, 0.3) is 0 Å². The first-order valence-electron chi connectivity index (χ1n) is 9.23. The molecule has 0 unspecified atom stereocenters. The third kappa shape index (κ3) is 6.57. The van der Waals surface area contributed by atoms with Gasteiger partial charge in [-0.15, -0.1) is 4.90 Å². The number of carbonyl (C=O) groups excluding carboxylic acids is 2. The van der Waals surface area contributed by atoms with Gasteiger partial charge in [0.2, 0.25) is 11.8 Å². The first kappa shape index (κ1) is 22.9. The van der Waals surface area contributed by atoms with E-state index >= 15 is 0 Å². The van der Waals surface area contributed by atoms with Crippen LogP contribution in [-0.4, -0.2) is 38.3 Å². The summed E-state index contributed by atoms with van der Waals surface area (Å²) in [6.07, 6.45) is 2.24. The summed E-state index contributed by atoms with van der Waals surface area (Å²) >= 11 is 0. The first-order chi connectivity index (χ1) is 13.7. The molecule has 2 rings (SSSR count). The molecule has 162 valence electrons. The number of ether oxygens (including phenoxy) is 3. The lowest BCUT2D eigenvalue weighted by molar-refractivity contribution is 0.0427. The topological polar surface area (TPSA) is 130 Å². The summed E-state index contributed by atoms with van der Waals surface area (Å²) in [7, 11) is 0. The molecular formula is C20H27N5O5. The Morgan fingerprint density at radius 3 is 1.83 bits per heavy atom. The van der Waals surface area contributed by atoms with Crippen molar-refractivity contribution in [3.8, 4) is 11.6 Å². The van der Waals surface area contributed by atoms with Crippen LogP contribution in [-0.2, 0) is 9.47 Å². The minimum Gasteiger partial charge on any atom is -0.443 e. The van der Waals surface area contributed by atoms with E-state index in [-0.39, 0.29) is 17.6 Å². The number of aromatic nitrogens is 3. The van der Waals surface area contributed by atoms with Gasteiger partial charge in [0.05, 0.1) is 18.1 Å². The average Bonchev–Trinajstić information content (AvgIpc) is 2.56. The lowest BCUT2D eigenvalue weighted by Crippen LogP contribution is -2.44. The van der Waals surface area contributed by atoms with Crippen molar-refractivity contribution >= 4 is 23.8 Å². The molecule has 0 fully saturated rings. The van der Waals surface area contributed by atoms with Gasteiger partial charge in [0, 0.05) is 6.20 Å². The van der Waals surface area contributed by atoms with Gasteiger partial charge in [-0.2, -0.15) is 0 Å². The highest BCUT2D eigenvalue weighted by molar-refractivity contribution is 6.08. The van der Waals surface area contributed by atoms with E-state index in [4.69, 9.17) is 19.9 Å². The van der Waals surface area contributed by atoms with Crippen molar-refractivity contribution in [3.63, 3.8) is 0 Å². The molecule has 0 saturated heterocycles. The van der Waals surface area contributed by atoms with Crippen LogP contribution in [0.5, 0.6) is 11.6 Å². The second kappa shape index (κ2) is 8.52. The zero-order valence-electron chi connectivity index (χ0n) is 18.2. The number of nitrogens with two attached hydrogens (primary N) is 1. The van der Waals surface area contributed by atoms with Crippen LogP contribution in [0.15, 0.2) is 24.7 Å². The van der Waals surface area contributed by atoms with Gasteiger partial charge in [-0.25, -0.2) is 24.5 Å². The van der Waals surface area contributed by atoms with Crippen LogP contribution in [0.4, 0.5) is 21.2 Å². The van der Waals surface area contributed by atoms with Crippen LogP contribution >= 0.6 is 0 Å². The molecule has 0 spiro atoms. The van der Waals surface area contributed by atoms with E-state index in [1.54, 1.807) is 53.8 Å². The van der Waals surface area contributed by atoms with Gasteiger partial charge in [0.1, 0.15) is 11.2 Å². The molecule has 2 N–H and O–H groups in total. The lowest BCUT2D eigenvalue weighted by atomic mass is 10.2. The highest BCUT2D eigenvalue weighted by atomic mass is 16.6. The van der Waals surface area contributed by atoms with Crippen LogP contribution in [0.1, 0.15) is 47.1 Å². The summed E-state index contributed by atoms with van der Waals surface area (Å²) < 4.78 is 16.2. The molecular weight excluding hydrogens is 390 g/mol. The fourth-order valence-electron chi connectivity index (χ4n) is 2.11. The van der Waals surface area contributed by atoms with E-state index in [9.17, 15) is 9.59 Å². The molecule has 0 saturated carbocycles. The first-order valence-corrected chi connectivity index (χ1v) is 9.23. The van der Waals surface area contributed by atoms with Crippen molar-refractivity contribution in [1.29, 1.82) is 0 Å². The minimum absolute atomic E-state index is 0.188. The molecule has 0 aliphatic heterocycles. The van der Waals surface area contributed by atoms with Gasteiger partial charge in [-0.1, -0.05) is 0 Å². The van der Waals surface area contributed by atoms with E-state index in [1.165, 1.54) is 12.4 Å². The van der Waals surface area contributed by atoms with Crippen molar-refractivity contribution in [3.05, 3.63) is 30.2 Å². The summed E-state index contributed by atoms with van der Waals surface area (Å²) in [5.41, 5.74) is 5.44. The molecule has 2 aromatic heterocycles. The number of hydrogen-bond acceptors (Lipinski definition) is 9. The van der Waals surface area contributed by atoms with Crippen LogP contribution in [0.2, 0.25) is 0 Å². The van der Waals surface area contributed by atoms with Gasteiger partial charge in [0.15, 0.2) is 5.75 Å². The van der Waals surface area contributed by atoms with E-state index in [0.29, 0.717) is 10.6 Å². The molecule has 0 radical (unpaired) electrons. The fourth-order valence-corrected chi connectivity index (χ4v) is 2.11. The summed E-state index contributed by atoms with van der Waals surface area (Å²) in [6, 6.07) is 1.71. The largest absolute Gasteiger partial charge is 0.443 e. The number of imide groups is 1. The van der Waals surface area contributed by atoms with Crippen molar-refractivity contribution < 1.29 is 23.8 Å². The molecule has 0 aliphatic carbocycles. The molecule has 0 atom stereocenters. The monoisotopic (exact) mass is 417 g/mol. The molecule has 0 bridgehead atoms. The Morgan fingerprint density at radius 2 is 1.40 bits per heavy atom. The van der Waals surface area contributed by atoms with Crippen molar-refractivity contribution in [2.75, 3.05) is 10.6 Å². The Morgan fingerprint density at radius 1 is 0.900 bits per heavy atom. The highest BCUT2D eigenvalue weighted by Crippen LogP contribution is 2.26. The maximum atomic E-state index is 12.6. The zero-order valence-corrected chi connectivity index (χ0v) is 18.2. The molecule has 2 amide bonds.